The molecule has 0 atom stereocenters. The topological polar surface area (TPSA) is 79.4 Å². The molecule has 0 amide bonds. The first-order valence-corrected chi connectivity index (χ1v) is 6.22. The summed E-state index contributed by atoms with van der Waals surface area (Å²) in [5, 5.41) is 23.0. The Kier molecular flexibility index (Phi) is 3.27. The molecule has 106 valence electrons. The molecule has 0 bridgehead atoms. The van der Waals surface area contributed by atoms with Crippen LogP contribution in [0.3, 0.4) is 0 Å². The van der Waals surface area contributed by atoms with Crippen molar-refractivity contribution in [3.8, 4) is 23.0 Å². The second kappa shape index (κ2) is 5.24. The minimum absolute atomic E-state index is 0.0646. The Bertz CT molecular complexity index is 786. The zero-order chi connectivity index (χ0) is 14.8. The molecule has 0 unspecified atom stereocenters. The lowest BCUT2D eigenvalue weighted by Gasteiger charge is -2.00. The van der Waals surface area contributed by atoms with Crippen LogP contribution in [0, 0.1) is 5.82 Å². The summed E-state index contributed by atoms with van der Waals surface area (Å²) in [5.74, 6) is -0.600. The number of hydrogen-bond donors (Lipinski definition) is 2. The summed E-state index contributed by atoms with van der Waals surface area (Å²) < 4.78 is 18.6. The van der Waals surface area contributed by atoms with E-state index >= 15 is 0 Å². The highest BCUT2D eigenvalue weighted by Gasteiger charge is 2.16. The van der Waals surface area contributed by atoms with Crippen molar-refractivity contribution < 1.29 is 19.1 Å². The minimum atomic E-state index is -0.343. The average Bonchev–Trinajstić information content (AvgIpc) is 2.93. The van der Waals surface area contributed by atoms with Crippen LogP contribution in [0.2, 0.25) is 0 Å². The van der Waals surface area contributed by atoms with Crippen molar-refractivity contribution in [2.45, 2.75) is 6.42 Å². The van der Waals surface area contributed by atoms with Gasteiger partial charge in [-0.25, -0.2) is 4.39 Å². The Morgan fingerprint density at radius 2 is 1.86 bits per heavy atom. The molecule has 0 saturated heterocycles. The molecule has 0 aliphatic rings. The first kappa shape index (κ1) is 13.1. The SMILES string of the molecule is Oc1cccc(-c2nc(Cc3ccccc3F)no2)c1O. The van der Waals surface area contributed by atoms with Crippen LogP contribution in [0.25, 0.3) is 11.5 Å². The fourth-order valence-corrected chi connectivity index (χ4v) is 1.95. The van der Waals surface area contributed by atoms with Gasteiger partial charge in [0.2, 0.25) is 0 Å². The second-order valence-corrected chi connectivity index (χ2v) is 4.46. The summed E-state index contributed by atoms with van der Waals surface area (Å²) in [7, 11) is 0. The van der Waals surface area contributed by atoms with Gasteiger partial charge < -0.3 is 14.7 Å². The first-order valence-electron chi connectivity index (χ1n) is 6.22. The van der Waals surface area contributed by atoms with E-state index in [-0.39, 0.29) is 41.0 Å². The standard InChI is InChI=1S/C15H11FN2O3/c16-11-6-2-1-4-9(11)8-13-17-15(21-18-13)10-5-3-7-12(19)14(10)20/h1-7,19-20H,8H2. The van der Waals surface area contributed by atoms with E-state index < -0.39 is 0 Å². The summed E-state index contributed by atoms with van der Waals surface area (Å²) >= 11 is 0. The Balaban J connectivity index is 1.90. The Hall–Kier alpha value is -2.89. The highest BCUT2D eigenvalue weighted by Crippen LogP contribution is 2.35. The summed E-state index contributed by atoms with van der Waals surface area (Å²) in [6.45, 7) is 0. The number of rotatable bonds is 3. The number of phenolic OH excluding ortho intramolecular Hbond substituents is 2. The van der Waals surface area contributed by atoms with Crippen LogP contribution in [0.15, 0.2) is 47.0 Å². The molecule has 0 saturated carbocycles. The number of aromatic nitrogens is 2. The van der Waals surface area contributed by atoms with Gasteiger partial charge in [0.1, 0.15) is 5.82 Å². The summed E-state index contributed by atoms with van der Waals surface area (Å²) in [6, 6.07) is 10.7. The summed E-state index contributed by atoms with van der Waals surface area (Å²) in [4.78, 5) is 4.10. The lowest BCUT2D eigenvalue weighted by atomic mass is 10.1. The fourth-order valence-electron chi connectivity index (χ4n) is 1.95. The number of benzene rings is 2. The zero-order valence-electron chi connectivity index (χ0n) is 10.8. The van der Waals surface area contributed by atoms with Crippen LogP contribution in [0.5, 0.6) is 11.5 Å². The van der Waals surface area contributed by atoms with Crippen LogP contribution in [0.1, 0.15) is 11.4 Å². The third-order valence-electron chi connectivity index (χ3n) is 3.02. The fraction of sp³-hybridized carbons (Fsp3) is 0.0667. The molecule has 3 rings (SSSR count). The largest absolute Gasteiger partial charge is 0.504 e. The van der Waals surface area contributed by atoms with Crippen molar-refractivity contribution in [3.05, 3.63) is 59.7 Å². The maximum atomic E-state index is 13.6. The average molecular weight is 286 g/mol. The molecule has 5 nitrogen and oxygen atoms in total. The van der Waals surface area contributed by atoms with Gasteiger partial charge in [0.05, 0.1) is 5.56 Å². The van der Waals surface area contributed by atoms with E-state index in [2.05, 4.69) is 10.1 Å². The van der Waals surface area contributed by atoms with Gasteiger partial charge in [-0.15, -0.1) is 0 Å². The van der Waals surface area contributed by atoms with E-state index in [0.717, 1.165) is 0 Å². The van der Waals surface area contributed by atoms with E-state index in [1.165, 1.54) is 18.2 Å². The molecule has 0 fully saturated rings. The number of hydrogen-bond acceptors (Lipinski definition) is 5. The molecule has 0 radical (unpaired) electrons. The molecule has 2 N–H and O–H groups in total. The minimum Gasteiger partial charge on any atom is -0.504 e. The molecule has 3 aromatic rings. The Morgan fingerprint density at radius 1 is 1.05 bits per heavy atom. The van der Waals surface area contributed by atoms with Crippen LogP contribution in [-0.2, 0) is 6.42 Å². The van der Waals surface area contributed by atoms with Gasteiger partial charge in [0.25, 0.3) is 5.89 Å². The lowest BCUT2D eigenvalue weighted by molar-refractivity contribution is 0.396. The van der Waals surface area contributed by atoms with Crippen LogP contribution in [-0.4, -0.2) is 20.4 Å². The Morgan fingerprint density at radius 3 is 2.67 bits per heavy atom. The van der Waals surface area contributed by atoms with E-state index in [1.54, 1.807) is 24.3 Å². The van der Waals surface area contributed by atoms with Gasteiger partial charge in [-0.05, 0) is 23.8 Å². The molecule has 0 aliphatic heterocycles. The van der Waals surface area contributed by atoms with Crippen LogP contribution in [0.4, 0.5) is 4.39 Å². The van der Waals surface area contributed by atoms with Crippen molar-refractivity contribution in [1.29, 1.82) is 0 Å². The maximum Gasteiger partial charge on any atom is 0.261 e. The van der Waals surface area contributed by atoms with Crippen LogP contribution < -0.4 is 0 Å². The molecular formula is C15H11FN2O3. The van der Waals surface area contributed by atoms with Crippen molar-refractivity contribution in [2.75, 3.05) is 0 Å². The number of nitrogens with zero attached hydrogens (tertiary/aromatic N) is 2. The molecule has 1 aromatic heterocycles. The number of phenols is 2. The Labute approximate surface area is 119 Å². The van der Waals surface area contributed by atoms with Crippen molar-refractivity contribution in [1.82, 2.24) is 10.1 Å². The smallest absolute Gasteiger partial charge is 0.261 e. The van der Waals surface area contributed by atoms with E-state index in [0.29, 0.717) is 5.56 Å². The molecule has 1 heterocycles. The van der Waals surface area contributed by atoms with Gasteiger partial charge >= 0.3 is 0 Å². The summed E-state index contributed by atoms with van der Waals surface area (Å²) in [6.07, 6.45) is 0.176. The molecule has 6 heteroatoms. The monoisotopic (exact) mass is 286 g/mol. The number of halogens is 1. The second-order valence-electron chi connectivity index (χ2n) is 4.46. The molecule has 0 spiro atoms. The molecule has 0 aliphatic carbocycles. The van der Waals surface area contributed by atoms with Crippen molar-refractivity contribution in [3.63, 3.8) is 0 Å². The predicted octanol–water partition coefficient (Wildman–Crippen LogP) is 2.88. The highest BCUT2D eigenvalue weighted by atomic mass is 19.1. The molecule has 21 heavy (non-hydrogen) atoms. The zero-order valence-corrected chi connectivity index (χ0v) is 10.8. The predicted molar refractivity (Wildman–Crippen MR) is 72.3 cm³/mol. The van der Waals surface area contributed by atoms with Crippen molar-refractivity contribution >= 4 is 0 Å². The molecular weight excluding hydrogens is 275 g/mol. The number of aromatic hydroxyl groups is 2. The van der Waals surface area contributed by atoms with E-state index in [1.807, 2.05) is 0 Å². The first-order chi connectivity index (χ1) is 10.1. The van der Waals surface area contributed by atoms with Crippen LogP contribution >= 0.6 is 0 Å². The van der Waals surface area contributed by atoms with Gasteiger partial charge in [-0.1, -0.05) is 29.4 Å². The van der Waals surface area contributed by atoms with E-state index in [9.17, 15) is 14.6 Å². The van der Waals surface area contributed by atoms with Crippen molar-refractivity contribution in [2.24, 2.45) is 0 Å². The van der Waals surface area contributed by atoms with Gasteiger partial charge in [-0.2, -0.15) is 4.98 Å². The highest BCUT2D eigenvalue weighted by molar-refractivity contribution is 5.66. The normalized spacial score (nSPS) is 10.7. The quantitative estimate of drug-likeness (QED) is 0.724. The van der Waals surface area contributed by atoms with Gasteiger partial charge in [0, 0.05) is 6.42 Å². The van der Waals surface area contributed by atoms with Gasteiger partial charge in [-0.3, -0.25) is 0 Å². The lowest BCUT2D eigenvalue weighted by Crippen LogP contribution is -1.94. The summed E-state index contributed by atoms with van der Waals surface area (Å²) in [5.41, 5.74) is 0.673. The number of para-hydroxylation sites is 1. The molecule has 2 aromatic carbocycles. The van der Waals surface area contributed by atoms with Gasteiger partial charge in [0.15, 0.2) is 17.3 Å². The third-order valence-corrected chi connectivity index (χ3v) is 3.02. The third kappa shape index (κ3) is 2.55. The maximum absolute atomic E-state index is 13.6. The van der Waals surface area contributed by atoms with E-state index in [4.69, 9.17) is 4.52 Å².